The van der Waals surface area contributed by atoms with Crippen LogP contribution < -0.4 is 9.64 Å². The van der Waals surface area contributed by atoms with Gasteiger partial charge in [0.05, 0.1) is 13.3 Å². The smallest absolute Gasteiger partial charge is 0.280 e. The first-order valence-electron chi connectivity index (χ1n) is 5.00. The molecule has 2 rings (SSSR count). The summed E-state index contributed by atoms with van der Waals surface area (Å²) in [6, 6.07) is 7.19. The molecule has 1 amide bonds. The molecular weight excluding hydrogens is 220 g/mol. The predicted molar refractivity (Wildman–Crippen MR) is 62.1 cm³/mol. The third-order valence-electron chi connectivity index (χ3n) is 2.40. The summed E-state index contributed by atoms with van der Waals surface area (Å²) in [6.45, 7) is 0. The summed E-state index contributed by atoms with van der Waals surface area (Å²) in [5.74, 6) is 0.528. The highest BCUT2D eigenvalue weighted by atomic mass is 16.5. The van der Waals surface area contributed by atoms with Gasteiger partial charge in [-0.3, -0.25) is 4.79 Å². The van der Waals surface area contributed by atoms with Crippen molar-refractivity contribution in [2.24, 2.45) is 0 Å². The van der Waals surface area contributed by atoms with Crippen molar-refractivity contribution in [1.29, 1.82) is 0 Å². The van der Waals surface area contributed by atoms with Gasteiger partial charge in [0.25, 0.3) is 5.91 Å². The van der Waals surface area contributed by atoms with Crippen LogP contribution in [-0.4, -0.2) is 35.5 Å². The van der Waals surface area contributed by atoms with E-state index < -0.39 is 0 Å². The fraction of sp³-hybridized carbons (Fsp3) is 0.182. The van der Waals surface area contributed by atoms with Crippen LogP contribution in [0.4, 0.5) is 5.69 Å². The van der Waals surface area contributed by atoms with Crippen molar-refractivity contribution in [3.8, 4) is 5.75 Å². The van der Waals surface area contributed by atoms with E-state index in [9.17, 15) is 4.79 Å². The van der Waals surface area contributed by atoms with E-state index in [-0.39, 0.29) is 11.6 Å². The summed E-state index contributed by atoms with van der Waals surface area (Å²) in [7, 11) is 3.28. The molecule has 0 spiro atoms. The number of nitrogens with zero attached hydrogens (tertiary/aromatic N) is 3. The number of aromatic amines is 1. The number of methoxy groups -OCH3 is 1. The molecule has 88 valence electrons. The second-order valence-electron chi connectivity index (χ2n) is 3.42. The van der Waals surface area contributed by atoms with E-state index >= 15 is 0 Å². The number of aromatic nitrogens is 3. The van der Waals surface area contributed by atoms with E-state index in [0.717, 1.165) is 11.4 Å². The highest BCUT2D eigenvalue weighted by Gasteiger charge is 2.15. The van der Waals surface area contributed by atoms with Crippen LogP contribution in [-0.2, 0) is 0 Å². The number of carbonyl (C=O) groups excluding carboxylic acids is 1. The van der Waals surface area contributed by atoms with Crippen LogP contribution in [0, 0.1) is 0 Å². The highest BCUT2D eigenvalue weighted by Crippen LogP contribution is 2.19. The van der Waals surface area contributed by atoms with E-state index in [2.05, 4.69) is 15.4 Å². The van der Waals surface area contributed by atoms with Gasteiger partial charge in [-0.25, -0.2) is 0 Å². The lowest BCUT2D eigenvalue weighted by atomic mass is 10.2. The minimum absolute atomic E-state index is 0.219. The molecule has 1 aromatic carbocycles. The maximum atomic E-state index is 11.9. The second kappa shape index (κ2) is 4.65. The van der Waals surface area contributed by atoms with Crippen LogP contribution in [0.2, 0.25) is 0 Å². The molecule has 0 fully saturated rings. The molecule has 0 saturated carbocycles. The number of hydrogen-bond donors (Lipinski definition) is 1. The van der Waals surface area contributed by atoms with Crippen LogP contribution in [0.3, 0.4) is 0 Å². The number of rotatable bonds is 3. The Hall–Kier alpha value is -2.37. The molecule has 0 aliphatic heterocycles. The van der Waals surface area contributed by atoms with Gasteiger partial charge in [-0.1, -0.05) is 0 Å². The lowest BCUT2D eigenvalue weighted by Crippen LogP contribution is -2.26. The Balaban J connectivity index is 2.19. The number of amides is 1. The molecule has 0 bridgehead atoms. The quantitative estimate of drug-likeness (QED) is 0.859. The minimum atomic E-state index is -0.219. The maximum absolute atomic E-state index is 11.9. The molecule has 0 radical (unpaired) electrons. The van der Waals surface area contributed by atoms with Gasteiger partial charge in [0.15, 0.2) is 5.69 Å². The molecule has 6 nitrogen and oxygen atoms in total. The average Bonchev–Trinajstić information content (AvgIpc) is 2.91. The topological polar surface area (TPSA) is 71.1 Å². The number of carbonyl (C=O) groups is 1. The summed E-state index contributed by atoms with van der Waals surface area (Å²) < 4.78 is 5.05. The average molecular weight is 232 g/mol. The van der Waals surface area contributed by atoms with Crippen LogP contribution in [0.25, 0.3) is 0 Å². The van der Waals surface area contributed by atoms with Gasteiger partial charge in [0.1, 0.15) is 5.75 Å². The van der Waals surface area contributed by atoms with Gasteiger partial charge in [0, 0.05) is 12.7 Å². The Morgan fingerprint density at radius 1 is 1.35 bits per heavy atom. The first kappa shape index (κ1) is 11.1. The van der Waals surface area contributed by atoms with E-state index in [1.54, 1.807) is 38.4 Å². The molecule has 0 atom stereocenters. The summed E-state index contributed by atoms with van der Waals surface area (Å²) in [6.07, 6.45) is 1.39. The number of nitrogens with one attached hydrogen (secondary N) is 1. The zero-order valence-electron chi connectivity index (χ0n) is 9.54. The molecule has 6 heteroatoms. The molecular formula is C11H12N4O2. The molecule has 17 heavy (non-hydrogen) atoms. The molecule has 2 aromatic rings. The van der Waals surface area contributed by atoms with Gasteiger partial charge in [0.2, 0.25) is 0 Å². The Bertz CT molecular complexity index is 493. The summed E-state index contributed by atoms with van der Waals surface area (Å²) in [5, 5.41) is 9.76. The van der Waals surface area contributed by atoms with E-state index in [0.29, 0.717) is 0 Å². The molecule has 1 aromatic heterocycles. The van der Waals surface area contributed by atoms with E-state index in [1.807, 2.05) is 0 Å². The van der Waals surface area contributed by atoms with Crippen molar-refractivity contribution >= 4 is 11.6 Å². The Kier molecular flexibility index (Phi) is 3.04. The third-order valence-corrected chi connectivity index (χ3v) is 2.40. The second-order valence-corrected chi connectivity index (χ2v) is 3.42. The molecule has 0 unspecified atom stereocenters. The fourth-order valence-electron chi connectivity index (χ4n) is 1.40. The van der Waals surface area contributed by atoms with Gasteiger partial charge in [-0.05, 0) is 24.3 Å². The lowest BCUT2D eigenvalue weighted by molar-refractivity contribution is 0.0988. The zero-order chi connectivity index (χ0) is 12.3. The van der Waals surface area contributed by atoms with Crippen LogP contribution in [0.1, 0.15) is 10.5 Å². The molecule has 0 saturated heterocycles. The standard InChI is InChI=1S/C11H12N4O2/c1-15(11(16)10-7-12-14-13-10)8-3-5-9(17-2)6-4-8/h3-7H,1-2H3,(H,12,13,14). The molecule has 0 aliphatic rings. The van der Waals surface area contributed by atoms with Crippen LogP contribution >= 0.6 is 0 Å². The monoisotopic (exact) mass is 232 g/mol. The summed E-state index contributed by atoms with van der Waals surface area (Å²) in [5.41, 5.74) is 1.04. The highest BCUT2D eigenvalue weighted by molar-refractivity contribution is 6.04. The number of H-pyrrole nitrogens is 1. The number of ether oxygens (including phenoxy) is 1. The van der Waals surface area contributed by atoms with Gasteiger partial charge >= 0.3 is 0 Å². The van der Waals surface area contributed by atoms with Crippen molar-refractivity contribution < 1.29 is 9.53 Å². The van der Waals surface area contributed by atoms with Crippen molar-refractivity contribution in [1.82, 2.24) is 15.4 Å². The van der Waals surface area contributed by atoms with Crippen LogP contribution in [0.5, 0.6) is 5.75 Å². The number of hydrogen-bond acceptors (Lipinski definition) is 4. The maximum Gasteiger partial charge on any atom is 0.280 e. The van der Waals surface area contributed by atoms with Crippen molar-refractivity contribution in [2.75, 3.05) is 19.1 Å². The van der Waals surface area contributed by atoms with Gasteiger partial charge < -0.3 is 9.64 Å². The first-order valence-corrected chi connectivity index (χ1v) is 5.00. The van der Waals surface area contributed by atoms with E-state index in [4.69, 9.17) is 4.74 Å². The SMILES string of the molecule is COc1ccc(N(C)C(=O)c2cn[nH]n2)cc1. The van der Waals surface area contributed by atoms with Gasteiger partial charge in [-0.2, -0.15) is 15.4 Å². The molecule has 1 heterocycles. The fourth-order valence-corrected chi connectivity index (χ4v) is 1.40. The largest absolute Gasteiger partial charge is 0.497 e. The molecule has 1 N–H and O–H groups in total. The van der Waals surface area contributed by atoms with Crippen molar-refractivity contribution in [3.63, 3.8) is 0 Å². The third kappa shape index (κ3) is 2.25. The predicted octanol–water partition coefficient (Wildman–Crippen LogP) is 1.09. The Morgan fingerprint density at radius 2 is 2.06 bits per heavy atom. The van der Waals surface area contributed by atoms with Crippen molar-refractivity contribution in [3.05, 3.63) is 36.2 Å². The zero-order valence-corrected chi connectivity index (χ0v) is 9.54. The summed E-state index contributed by atoms with van der Waals surface area (Å²) in [4.78, 5) is 13.4. The lowest BCUT2D eigenvalue weighted by Gasteiger charge is -2.15. The van der Waals surface area contributed by atoms with Crippen LogP contribution in [0.15, 0.2) is 30.5 Å². The first-order chi connectivity index (χ1) is 8.22. The number of benzene rings is 1. The summed E-state index contributed by atoms with van der Waals surface area (Å²) >= 11 is 0. The Morgan fingerprint density at radius 3 is 2.59 bits per heavy atom. The molecule has 0 aliphatic carbocycles. The number of anilines is 1. The minimum Gasteiger partial charge on any atom is -0.497 e. The normalized spacial score (nSPS) is 10.0. The van der Waals surface area contributed by atoms with Gasteiger partial charge in [-0.15, -0.1) is 0 Å². The Labute approximate surface area is 98.2 Å². The van der Waals surface area contributed by atoms with E-state index in [1.165, 1.54) is 11.1 Å². The van der Waals surface area contributed by atoms with Crippen molar-refractivity contribution in [2.45, 2.75) is 0 Å².